The van der Waals surface area contributed by atoms with E-state index in [0.717, 1.165) is 11.3 Å². The summed E-state index contributed by atoms with van der Waals surface area (Å²) in [6.45, 7) is 7.57. The van der Waals surface area contributed by atoms with Crippen molar-refractivity contribution in [3.05, 3.63) is 0 Å². The highest BCUT2D eigenvalue weighted by Gasteiger charge is 2.53. The van der Waals surface area contributed by atoms with Crippen LogP contribution < -0.4 is 0 Å². The second kappa shape index (κ2) is 3.25. The Morgan fingerprint density at radius 1 is 1.38 bits per heavy atom. The van der Waals surface area contributed by atoms with Crippen molar-refractivity contribution in [1.82, 2.24) is 9.80 Å². The predicted octanol–water partition coefficient (Wildman–Crippen LogP) is 1.28. The van der Waals surface area contributed by atoms with Crippen LogP contribution in [0.25, 0.3) is 0 Å². The lowest BCUT2D eigenvalue weighted by Gasteiger charge is -2.61. The van der Waals surface area contributed by atoms with Crippen LogP contribution in [-0.4, -0.2) is 50.1 Å². The maximum Gasteiger partial charge on any atom is 0.00535 e. The third kappa shape index (κ3) is 1.50. The van der Waals surface area contributed by atoms with E-state index in [4.69, 9.17) is 0 Å². The van der Waals surface area contributed by atoms with Gasteiger partial charge in [0.15, 0.2) is 0 Å². The first kappa shape index (κ1) is 9.47. The van der Waals surface area contributed by atoms with Crippen molar-refractivity contribution in [2.75, 3.05) is 40.3 Å². The molecule has 2 fully saturated rings. The van der Waals surface area contributed by atoms with E-state index in [2.05, 4.69) is 30.8 Å². The maximum atomic E-state index is 2.57. The van der Waals surface area contributed by atoms with E-state index < -0.39 is 0 Å². The molecule has 1 saturated carbocycles. The number of hydrogen-bond donors (Lipinski definition) is 0. The van der Waals surface area contributed by atoms with Gasteiger partial charge in [-0.2, -0.15) is 0 Å². The molecule has 0 radical (unpaired) electrons. The van der Waals surface area contributed by atoms with Crippen LogP contribution in [0.2, 0.25) is 0 Å². The van der Waals surface area contributed by atoms with Gasteiger partial charge in [-0.3, -0.25) is 0 Å². The summed E-state index contributed by atoms with van der Waals surface area (Å²) >= 11 is 0. The average Bonchev–Trinajstić information content (AvgIpc) is 1.97. The third-order valence-corrected chi connectivity index (χ3v) is 3.97. The van der Waals surface area contributed by atoms with Crippen molar-refractivity contribution in [3.63, 3.8) is 0 Å². The normalized spacial score (nSPS) is 31.8. The van der Waals surface area contributed by atoms with Gasteiger partial charge in [-0.05, 0) is 44.8 Å². The lowest BCUT2D eigenvalue weighted by atomic mass is 9.55. The number of likely N-dealkylation sites (tertiary alicyclic amines) is 1. The van der Waals surface area contributed by atoms with Crippen molar-refractivity contribution in [3.8, 4) is 0 Å². The van der Waals surface area contributed by atoms with Crippen molar-refractivity contribution in [1.29, 1.82) is 0 Å². The molecular formula is C11H22N2. The predicted molar refractivity (Wildman–Crippen MR) is 55.8 cm³/mol. The van der Waals surface area contributed by atoms with E-state index in [-0.39, 0.29) is 0 Å². The smallest absolute Gasteiger partial charge is 0.00535 e. The van der Waals surface area contributed by atoms with E-state index in [0.29, 0.717) is 0 Å². The summed E-state index contributed by atoms with van der Waals surface area (Å²) in [5.74, 6) is 0.991. The standard InChI is InChI=1S/C11H22N2/c1-4-13-8-11(9-13)6-5-10(11)7-12(2)3/h10H,4-9H2,1-3H3. The second-order valence-corrected chi connectivity index (χ2v) is 5.16. The molecule has 0 aromatic carbocycles. The minimum atomic E-state index is 0.750. The molecule has 0 N–H and O–H groups in total. The molecule has 2 nitrogen and oxygen atoms in total. The molecule has 1 aliphatic heterocycles. The quantitative estimate of drug-likeness (QED) is 0.649. The molecule has 2 rings (SSSR count). The summed E-state index contributed by atoms with van der Waals surface area (Å²) in [5, 5.41) is 0. The fourth-order valence-corrected chi connectivity index (χ4v) is 2.97. The Kier molecular flexibility index (Phi) is 2.37. The van der Waals surface area contributed by atoms with Gasteiger partial charge in [0.2, 0.25) is 0 Å². The Morgan fingerprint density at radius 2 is 2.08 bits per heavy atom. The summed E-state index contributed by atoms with van der Waals surface area (Å²) in [6, 6.07) is 0. The van der Waals surface area contributed by atoms with Gasteiger partial charge in [0.1, 0.15) is 0 Å². The molecular weight excluding hydrogens is 160 g/mol. The Balaban J connectivity index is 1.82. The van der Waals surface area contributed by atoms with Crippen LogP contribution in [-0.2, 0) is 0 Å². The Morgan fingerprint density at radius 3 is 2.46 bits per heavy atom. The number of nitrogens with zero attached hydrogens (tertiary/aromatic N) is 2. The van der Waals surface area contributed by atoms with Crippen LogP contribution in [0.5, 0.6) is 0 Å². The molecule has 0 bridgehead atoms. The highest BCUT2D eigenvalue weighted by molar-refractivity contribution is 5.06. The van der Waals surface area contributed by atoms with Gasteiger partial charge in [0, 0.05) is 19.6 Å². The average molecular weight is 182 g/mol. The lowest BCUT2D eigenvalue weighted by Crippen LogP contribution is -2.65. The minimum Gasteiger partial charge on any atom is -0.309 e. The molecule has 1 heterocycles. The second-order valence-electron chi connectivity index (χ2n) is 5.16. The first-order valence-corrected chi connectivity index (χ1v) is 5.53. The highest BCUT2D eigenvalue weighted by atomic mass is 15.2. The molecule has 76 valence electrons. The lowest BCUT2D eigenvalue weighted by molar-refractivity contribution is -0.117. The summed E-state index contributed by atoms with van der Waals surface area (Å²) < 4.78 is 0. The van der Waals surface area contributed by atoms with Gasteiger partial charge in [-0.25, -0.2) is 0 Å². The molecule has 0 aromatic rings. The van der Waals surface area contributed by atoms with Crippen molar-refractivity contribution in [2.24, 2.45) is 11.3 Å². The molecule has 0 aromatic heterocycles. The molecule has 1 unspecified atom stereocenters. The molecule has 1 aliphatic carbocycles. The summed E-state index contributed by atoms with van der Waals surface area (Å²) in [6.07, 6.45) is 2.96. The van der Waals surface area contributed by atoms with Crippen LogP contribution in [0.1, 0.15) is 19.8 Å². The van der Waals surface area contributed by atoms with E-state index in [1.54, 1.807) is 0 Å². The molecule has 0 amide bonds. The van der Waals surface area contributed by atoms with Gasteiger partial charge >= 0.3 is 0 Å². The van der Waals surface area contributed by atoms with E-state index in [9.17, 15) is 0 Å². The van der Waals surface area contributed by atoms with Gasteiger partial charge in [0.25, 0.3) is 0 Å². The summed E-state index contributed by atoms with van der Waals surface area (Å²) in [4.78, 5) is 4.92. The molecule has 2 aliphatic rings. The van der Waals surface area contributed by atoms with Crippen molar-refractivity contribution < 1.29 is 0 Å². The Bertz CT molecular complexity index is 183. The zero-order valence-electron chi connectivity index (χ0n) is 9.21. The fraction of sp³-hybridized carbons (Fsp3) is 1.00. The third-order valence-electron chi connectivity index (χ3n) is 3.97. The number of hydrogen-bond acceptors (Lipinski definition) is 2. The largest absolute Gasteiger partial charge is 0.309 e. The Hall–Kier alpha value is -0.0800. The van der Waals surface area contributed by atoms with Gasteiger partial charge in [0.05, 0.1) is 0 Å². The maximum absolute atomic E-state index is 2.57. The van der Waals surface area contributed by atoms with Gasteiger partial charge in [-0.1, -0.05) is 6.92 Å². The highest BCUT2D eigenvalue weighted by Crippen LogP contribution is 2.52. The van der Waals surface area contributed by atoms with Crippen LogP contribution in [0, 0.1) is 11.3 Å². The first-order chi connectivity index (χ1) is 6.16. The number of rotatable bonds is 3. The van der Waals surface area contributed by atoms with Crippen molar-refractivity contribution >= 4 is 0 Å². The zero-order valence-corrected chi connectivity index (χ0v) is 9.21. The van der Waals surface area contributed by atoms with Crippen molar-refractivity contribution in [2.45, 2.75) is 19.8 Å². The zero-order chi connectivity index (χ0) is 9.47. The van der Waals surface area contributed by atoms with Gasteiger partial charge < -0.3 is 9.80 Å². The summed E-state index contributed by atoms with van der Waals surface area (Å²) in [5.41, 5.74) is 0.750. The van der Waals surface area contributed by atoms with Crippen LogP contribution in [0.3, 0.4) is 0 Å². The van der Waals surface area contributed by atoms with E-state index >= 15 is 0 Å². The monoisotopic (exact) mass is 182 g/mol. The van der Waals surface area contributed by atoms with Gasteiger partial charge in [-0.15, -0.1) is 0 Å². The molecule has 1 atom stereocenters. The molecule has 13 heavy (non-hydrogen) atoms. The first-order valence-electron chi connectivity index (χ1n) is 5.53. The summed E-state index contributed by atoms with van der Waals surface area (Å²) in [7, 11) is 4.39. The molecule has 2 heteroatoms. The molecule has 1 saturated heterocycles. The minimum absolute atomic E-state index is 0.750. The van der Waals surface area contributed by atoms with E-state index in [1.165, 1.54) is 39.0 Å². The van der Waals surface area contributed by atoms with Crippen LogP contribution >= 0.6 is 0 Å². The SMILES string of the molecule is CCN1CC2(CCC2CN(C)C)C1. The van der Waals surface area contributed by atoms with E-state index in [1.807, 2.05) is 0 Å². The van der Waals surface area contributed by atoms with Crippen LogP contribution in [0.4, 0.5) is 0 Å². The van der Waals surface area contributed by atoms with Crippen LogP contribution in [0.15, 0.2) is 0 Å². The fourth-order valence-electron chi connectivity index (χ4n) is 2.97. The topological polar surface area (TPSA) is 6.48 Å². The Labute approximate surface area is 81.9 Å². The molecule has 1 spiro atoms.